The van der Waals surface area contributed by atoms with Gasteiger partial charge in [-0.3, -0.25) is 0 Å². The fourth-order valence-electron chi connectivity index (χ4n) is 10.4. The maximum atomic E-state index is 6.60. The Bertz CT molecular complexity index is 3500. The van der Waals surface area contributed by atoms with Gasteiger partial charge in [-0.25, -0.2) is 0 Å². The minimum atomic E-state index is -0.508. The molecule has 290 valence electrons. The summed E-state index contributed by atoms with van der Waals surface area (Å²) in [5.41, 5.74) is 15.1. The number of benzene rings is 10. The Morgan fingerprint density at radius 1 is 0.371 bits per heavy atom. The quantitative estimate of drug-likeness (QED) is 0.172. The Balaban J connectivity index is 0.975. The Kier molecular flexibility index (Phi) is 7.72. The average molecular weight is 808 g/mol. The van der Waals surface area contributed by atoms with Crippen molar-refractivity contribution >= 4 is 59.3 Å². The number of rotatable bonds is 5. The molecular weight excluding hydrogens is 771 g/mol. The summed E-state index contributed by atoms with van der Waals surface area (Å²) in [6, 6.07) is 82.0. The molecule has 3 heteroatoms. The Morgan fingerprint density at radius 2 is 0.935 bits per heavy atom. The van der Waals surface area contributed by atoms with Crippen molar-refractivity contribution in [3.05, 3.63) is 247 Å². The average Bonchev–Trinajstić information content (AvgIpc) is 3.87. The number of nitrogens with zero attached hydrogens (tertiary/aromatic N) is 1. The van der Waals surface area contributed by atoms with Crippen LogP contribution in [0, 0.1) is 0 Å². The van der Waals surface area contributed by atoms with Crippen molar-refractivity contribution in [1.82, 2.24) is 0 Å². The summed E-state index contributed by atoms with van der Waals surface area (Å²) in [5, 5.41) is 5.14. The van der Waals surface area contributed by atoms with Gasteiger partial charge in [0.15, 0.2) is 0 Å². The van der Waals surface area contributed by atoms with Crippen molar-refractivity contribution in [2.24, 2.45) is 0 Å². The van der Waals surface area contributed by atoms with Gasteiger partial charge in [0.1, 0.15) is 11.5 Å². The second-order valence-corrected chi connectivity index (χ2v) is 17.4. The van der Waals surface area contributed by atoms with Gasteiger partial charge in [-0.2, -0.15) is 0 Å². The van der Waals surface area contributed by atoms with E-state index in [4.69, 9.17) is 4.74 Å². The molecule has 2 nitrogen and oxygen atoms in total. The molecule has 1 aromatic heterocycles. The number of anilines is 3. The van der Waals surface area contributed by atoms with Crippen LogP contribution in [0.15, 0.2) is 224 Å². The summed E-state index contributed by atoms with van der Waals surface area (Å²) in [4.78, 5) is 2.40. The molecule has 2 aliphatic rings. The lowest BCUT2D eigenvalue weighted by Crippen LogP contribution is -2.32. The molecule has 0 unspecified atom stereocenters. The first-order valence-electron chi connectivity index (χ1n) is 21.2. The molecule has 62 heavy (non-hydrogen) atoms. The minimum absolute atomic E-state index is 0.508. The van der Waals surface area contributed by atoms with Crippen molar-refractivity contribution < 1.29 is 4.74 Å². The van der Waals surface area contributed by atoms with Gasteiger partial charge in [0.25, 0.3) is 0 Å². The van der Waals surface area contributed by atoms with Crippen LogP contribution in [0.2, 0.25) is 0 Å². The fourth-order valence-corrected chi connectivity index (χ4v) is 11.7. The first kappa shape index (κ1) is 35.1. The maximum Gasteiger partial charge on any atom is 0.132 e. The highest BCUT2D eigenvalue weighted by molar-refractivity contribution is 7.26. The highest BCUT2D eigenvalue weighted by Gasteiger charge is 2.51. The second-order valence-electron chi connectivity index (χ2n) is 16.4. The van der Waals surface area contributed by atoms with E-state index in [2.05, 4.69) is 229 Å². The molecule has 0 bridgehead atoms. The molecule has 0 atom stereocenters. The third-order valence-electron chi connectivity index (χ3n) is 13.1. The van der Waals surface area contributed by atoms with Crippen LogP contribution in [-0.2, 0) is 5.41 Å². The lowest BCUT2D eigenvalue weighted by molar-refractivity contribution is 0.436. The molecule has 0 amide bonds. The van der Waals surface area contributed by atoms with Crippen LogP contribution in [-0.4, -0.2) is 0 Å². The highest BCUT2D eigenvalue weighted by atomic mass is 32.1. The summed E-state index contributed by atoms with van der Waals surface area (Å²) in [5.74, 6) is 1.81. The molecule has 0 N–H and O–H groups in total. The van der Waals surface area contributed by atoms with Crippen molar-refractivity contribution in [2.45, 2.75) is 5.41 Å². The van der Waals surface area contributed by atoms with Gasteiger partial charge in [0, 0.05) is 53.7 Å². The monoisotopic (exact) mass is 807 g/mol. The van der Waals surface area contributed by atoms with E-state index in [1.165, 1.54) is 86.6 Å². The van der Waals surface area contributed by atoms with Gasteiger partial charge in [0.05, 0.1) is 5.41 Å². The smallest absolute Gasteiger partial charge is 0.132 e. The number of fused-ring (bicyclic) bond motifs is 14. The summed E-state index contributed by atoms with van der Waals surface area (Å²) < 4.78 is 9.24. The van der Waals surface area contributed by atoms with Crippen molar-refractivity contribution in [1.29, 1.82) is 0 Å². The summed E-state index contributed by atoms with van der Waals surface area (Å²) in [6.07, 6.45) is 0. The van der Waals surface area contributed by atoms with Crippen molar-refractivity contribution in [3.63, 3.8) is 0 Å². The predicted octanol–water partition coefficient (Wildman–Crippen LogP) is 16.5. The summed E-state index contributed by atoms with van der Waals surface area (Å²) in [6.45, 7) is 0. The third kappa shape index (κ3) is 5.09. The highest BCUT2D eigenvalue weighted by Crippen LogP contribution is 2.63. The van der Waals surface area contributed by atoms with E-state index in [9.17, 15) is 0 Å². The summed E-state index contributed by atoms with van der Waals surface area (Å²) in [7, 11) is 0. The summed E-state index contributed by atoms with van der Waals surface area (Å²) >= 11 is 1.88. The van der Waals surface area contributed by atoms with E-state index in [0.717, 1.165) is 28.6 Å². The number of hydrogen-bond acceptors (Lipinski definition) is 3. The van der Waals surface area contributed by atoms with Crippen molar-refractivity contribution in [2.75, 3.05) is 4.90 Å². The zero-order valence-electron chi connectivity index (χ0n) is 33.6. The largest absolute Gasteiger partial charge is 0.457 e. The van der Waals surface area contributed by atoms with Crippen LogP contribution >= 0.6 is 11.3 Å². The standard InChI is InChI=1S/C59H37NOS/c1-2-13-38(14-3-1)39-25-31-42(32-26-39)60(44-35-29-41-30-36-47-46-15-5-11-24-56(46)62-58(47)49(41)37-44)43-33-27-40(28-34-43)45-17-12-21-53-57(45)48-16-4-6-18-50(48)59(53)51-19-7-9-22-54(51)61-55-23-10-8-20-52(55)59/h1-37H. The molecule has 2 heterocycles. The Morgan fingerprint density at radius 3 is 1.69 bits per heavy atom. The van der Waals surface area contributed by atoms with Crippen LogP contribution in [0.3, 0.4) is 0 Å². The first-order chi connectivity index (χ1) is 30.7. The molecule has 0 saturated heterocycles. The fraction of sp³-hybridized carbons (Fsp3) is 0.0169. The molecule has 0 fully saturated rings. The zero-order valence-corrected chi connectivity index (χ0v) is 34.4. The topological polar surface area (TPSA) is 12.5 Å². The lowest BCUT2D eigenvalue weighted by Gasteiger charge is -2.39. The Hall–Kier alpha value is -7.72. The van der Waals surface area contributed by atoms with E-state index in [1.54, 1.807) is 0 Å². The van der Waals surface area contributed by atoms with E-state index in [1.807, 2.05) is 11.3 Å². The molecule has 13 rings (SSSR count). The number of hydrogen-bond donors (Lipinski definition) is 0. The number of ether oxygens (including phenoxy) is 1. The van der Waals surface area contributed by atoms with Crippen LogP contribution in [0.1, 0.15) is 22.3 Å². The normalized spacial score (nSPS) is 13.1. The lowest BCUT2D eigenvalue weighted by atomic mass is 9.66. The Labute approximate surface area is 364 Å². The van der Waals surface area contributed by atoms with Gasteiger partial charge in [0.2, 0.25) is 0 Å². The predicted molar refractivity (Wildman–Crippen MR) is 260 cm³/mol. The molecular formula is C59H37NOS. The van der Waals surface area contributed by atoms with Crippen LogP contribution in [0.4, 0.5) is 17.1 Å². The molecule has 11 aromatic rings. The maximum absolute atomic E-state index is 6.60. The van der Waals surface area contributed by atoms with Gasteiger partial charge in [-0.15, -0.1) is 11.3 Å². The number of thiophene rings is 1. The molecule has 1 spiro atoms. The second kappa shape index (κ2) is 13.7. The SMILES string of the molecule is c1ccc(-c2ccc(N(c3ccc(-c4cccc5c4-c4ccccc4C54c5ccccc5Oc5ccccc54)cc3)c3ccc4ccc5c6ccccc6sc5c4c3)cc2)cc1. The molecule has 1 aliphatic carbocycles. The minimum Gasteiger partial charge on any atom is -0.457 e. The number of para-hydroxylation sites is 2. The zero-order chi connectivity index (χ0) is 40.8. The van der Waals surface area contributed by atoms with Crippen LogP contribution in [0.5, 0.6) is 11.5 Å². The van der Waals surface area contributed by atoms with Crippen LogP contribution < -0.4 is 9.64 Å². The van der Waals surface area contributed by atoms with Crippen molar-refractivity contribution in [3.8, 4) is 44.9 Å². The third-order valence-corrected chi connectivity index (χ3v) is 14.4. The van der Waals surface area contributed by atoms with Gasteiger partial charge in [-0.1, -0.05) is 170 Å². The molecule has 1 aliphatic heterocycles. The van der Waals surface area contributed by atoms with Gasteiger partial charge >= 0.3 is 0 Å². The molecule has 0 saturated carbocycles. The van der Waals surface area contributed by atoms with E-state index >= 15 is 0 Å². The first-order valence-corrected chi connectivity index (χ1v) is 22.1. The van der Waals surface area contributed by atoms with E-state index < -0.39 is 5.41 Å². The molecule has 10 aromatic carbocycles. The van der Waals surface area contributed by atoms with E-state index in [0.29, 0.717) is 0 Å². The van der Waals surface area contributed by atoms with Gasteiger partial charge < -0.3 is 9.64 Å². The molecule has 0 radical (unpaired) electrons. The van der Waals surface area contributed by atoms with Crippen LogP contribution in [0.25, 0.3) is 64.3 Å². The van der Waals surface area contributed by atoms with Gasteiger partial charge in [-0.05, 0) is 104 Å². The van der Waals surface area contributed by atoms with E-state index in [-0.39, 0.29) is 0 Å².